The molecule has 0 aromatic carbocycles. The molecule has 132 valence electrons. The van der Waals surface area contributed by atoms with E-state index in [-0.39, 0.29) is 17.9 Å². The molecule has 24 heavy (non-hydrogen) atoms. The molecule has 1 fully saturated rings. The molecule has 0 unspecified atom stereocenters. The highest BCUT2D eigenvalue weighted by molar-refractivity contribution is 6.76. The fourth-order valence-electron chi connectivity index (χ4n) is 3.22. The number of carbonyl (C=O) groups excluding carboxylic acids is 1. The first kappa shape index (κ1) is 17.8. The van der Waals surface area contributed by atoms with Gasteiger partial charge < -0.3 is 9.47 Å². The van der Waals surface area contributed by atoms with Gasteiger partial charge in [0.25, 0.3) is 0 Å². The molecule has 1 amide bonds. The van der Waals surface area contributed by atoms with Crippen LogP contribution < -0.4 is 4.90 Å². The zero-order valence-corrected chi connectivity index (χ0v) is 16.2. The Hall–Kier alpha value is -1.02. The maximum absolute atomic E-state index is 13.1. The Kier molecular flexibility index (Phi) is 4.97. The van der Waals surface area contributed by atoms with Crippen LogP contribution in [0, 0.1) is 0 Å². The third-order valence-corrected chi connectivity index (χ3v) is 6.61. The highest BCUT2D eigenvalue weighted by Gasteiger charge is 2.52. The van der Waals surface area contributed by atoms with Crippen LogP contribution in [0.4, 0.5) is 5.82 Å². The maximum atomic E-state index is 13.1. The van der Waals surface area contributed by atoms with E-state index in [0.29, 0.717) is 38.5 Å². The van der Waals surface area contributed by atoms with Gasteiger partial charge in [0, 0.05) is 39.7 Å². The summed E-state index contributed by atoms with van der Waals surface area (Å²) in [5.74, 6) is 0.625. The van der Waals surface area contributed by atoms with Crippen LogP contribution in [-0.2, 0) is 19.7 Å². The van der Waals surface area contributed by atoms with E-state index < -0.39 is 13.5 Å². The minimum atomic E-state index is -1.16. The molecule has 1 aromatic rings. The number of nitrogens with zero attached hydrogens (tertiary/aromatic N) is 3. The minimum Gasteiger partial charge on any atom is -0.381 e. The van der Waals surface area contributed by atoms with Crippen molar-refractivity contribution in [2.24, 2.45) is 0 Å². The molecule has 0 atom stereocenters. The van der Waals surface area contributed by atoms with E-state index in [1.807, 2.05) is 0 Å². The van der Waals surface area contributed by atoms with E-state index in [4.69, 9.17) is 21.1 Å². The summed E-state index contributed by atoms with van der Waals surface area (Å²) in [5.41, 5.74) is 0.273. The first-order valence-electron chi connectivity index (χ1n) is 8.34. The quantitative estimate of drug-likeness (QED) is 0.453. The fourth-order valence-corrected chi connectivity index (χ4v) is 4.11. The molecule has 6 nitrogen and oxygen atoms in total. The second kappa shape index (κ2) is 6.71. The van der Waals surface area contributed by atoms with Gasteiger partial charge in [0.15, 0.2) is 0 Å². The molecule has 1 saturated heterocycles. The molecule has 8 heteroatoms. The zero-order valence-electron chi connectivity index (χ0n) is 14.5. The monoisotopic (exact) mass is 369 g/mol. The molecular weight excluding hydrogens is 346 g/mol. The summed E-state index contributed by atoms with van der Waals surface area (Å²) in [5, 5.41) is 0.151. The van der Waals surface area contributed by atoms with Crippen molar-refractivity contribution in [1.82, 2.24) is 9.97 Å². The summed E-state index contributed by atoms with van der Waals surface area (Å²) in [6.45, 7) is 8.91. The lowest BCUT2D eigenvalue weighted by molar-refractivity contribution is -0.127. The van der Waals surface area contributed by atoms with E-state index in [1.54, 1.807) is 11.1 Å². The summed E-state index contributed by atoms with van der Waals surface area (Å²) >= 11 is 5.96. The van der Waals surface area contributed by atoms with Crippen LogP contribution in [0.5, 0.6) is 0 Å². The normalized spacial score (nSPS) is 19.8. The number of hydrogen-bond acceptors (Lipinski definition) is 5. The van der Waals surface area contributed by atoms with Crippen molar-refractivity contribution in [3.05, 3.63) is 17.0 Å². The van der Waals surface area contributed by atoms with E-state index in [2.05, 4.69) is 29.6 Å². The van der Waals surface area contributed by atoms with Gasteiger partial charge in [0.05, 0.1) is 5.41 Å². The summed E-state index contributed by atoms with van der Waals surface area (Å²) in [6, 6.07) is 1.06. The van der Waals surface area contributed by atoms with Crippen molar-refractivity contribution in [2.75, 3.05) is 31.5 Å². The molecule has 1 spiro atoms. The largest absolute Gasteiger partial charge is 0.381 e. The van der Waals surface area contributed by atoms with Gasteiger partial charge in [-0.25, -0.2) is 4.98 Å². The Balaban J connectivity index is 1.80. The predicted molar refractivity (Wildman–Crippen MR) is 95.2 cm³/mol. The summed E-state index contributed by atoms with van der Waals surface area (Å²) in [7, 11) is -1.16. The minimum absolute atomic E-state index is 0.0328. The molecule has 0 saturated carbocycles. The van der Waals surface area contributed by atoms with Crippen LogP contribution in [0.25, 0.3) is 0 Å². The van der Waals surface area contributed by atoms with Crippen LogP contribution in [0.1, 0.15) is 18.4 Å². The van der Waals surface area contributed by atoms with Crippen LogP contribution in [-0.4, -0.2) is 50.5 Å². The zero-order chi connectivity index (χ0) is 17.4. The van der Waals surface area contributed by atoms with E-state index >= 15 is 0 Å². The second-order valence-electron chi connectivity index (χ2n) is 7.65. The molecule has 0 N–H and O–H groups in total. The Bertz CT molecular complexity index is 629. The average molecular weight is 370 g/mol. The molecule has 0 bridgehead atoms. The third-order valence-electron chi connectivity index (χ3n) is 4.73. The predicted octanol–water partition coefficient (Wildman–Crippen LogP) is 2.84. The maximum Gasteiger partial charge on any atom is 0.241 e. The molecule has 3 rings (SSSR count). The van der Waals surface area contributed by atoms with Crippen LogP contribution in [0.3, 0.4) is 0 Å². The SMILES string of the molecule is C[Si](C)(C)CCOCN1C(=O)C2(CCOCC2)c2cnc(Cl)nc21. The van der Waals surface area contributed by atoms with Gasteiger partial charge in [0.2, 0.25) is 11.2 Å². The van der Waals surface area contributed by atoms with E-state index in [9.17, 15) is 4.79 Å². The second-order valence-corrected chi connectivity index (χ2v) is 13.6. The lowest BCUT2D eigenvalue weighted by Crippen LogP contribution is -2.45. The first-order chi connectivity index (χ1) is 11.3. The van der Waals surface area contributed by atoms with Crippen molar-refractivity contribution in [3.63, 3.8) is 0 Å². The van der Waals surface area contributed by atoms with Crippen LogP contribution in [0.2, 0.25) is 31.0 Å². The van der Waals surface area contributed by atoms with E-state index in [0.717, 1.165) is 11.6 Å². The highest BCUT2D eigenvalue weighted by Crippen LogP contribution is 2.46. The fraction of sp³-hybridized carbons (Fsp3) is 0.688. The van der Waals surface area contributed by atoms with Crippen LogP contribution in [0.15, 0.2) is 6.20 Å². The van der Waals surface area contributed by atoms with Crippen LogP contribution >= 0.6 is 11.6 Å². The first-order valence-corrected chi connectivity index (χ1v) is 12.4. The number of fused-ring (bicyclic) bond motifs is 2. The Morgan fingerprint density at radius 1 is 1.38 bits per heavy atom. The molecule has 1 aromatic heterocycles. The summed E-state index contributed by atoms with van der Waals surface area (Å²) in [6.07, 6.45) is 2.99. The molecule has 0 aliphatic carbocycles. The number of amides is 1. The van der Waals surface area contributed by atoms with Crippen molar-refractivity contribution in [3.8, 4) is 0 Å². The summed E-state index contributed by atoms with van der Waals surface area (Å²) in [4.78, 5) is 23.2. The molecule has 2 aliphatic heterocycles. The summed E-state index contributed by atoms with van der Waals surface area (Å²) < 4.78 is 11.3. The van der Waals surface area contributed by atoms with Gasteiger partial charge in [0.1, 0.15) is 12.5 Å². The molecular formula is C16H24ClN3O3Si. The van der Waals surface area contributed by atoms with E-state index in [1.165, 1.54) is 0 Å². The van der Waals surface area contributed by atoms with Gasteiger partial charge in [-0.15, -0.1) is 0 Å². The molecule has 0 radical (unpaired) electrons. The van der Waals surface area contributed by atoms with Crippen molar-refractivity contribution < 1.29 is 14.3 Å². The Morgan fingerprint density at radius 3 is 2.75 bits per heavy atom. The van der Waals surface area contributed by atoms with Gasteiger partial charge in [-0.05, 0) is 30.5 Å². The van der Waals surface area contributed by atoms with Crippen molar-refractivity contribution in [1.29, 1.82) is 0 Å². The smallest absolute Gasteiger partial charge is 0.241 e. The Labute approximate surface area is 148 Å². The van der Waals surface area contributed by atoms with Gasteiger partial charge >= 0.3 is 0 Å². The lowest BCUT2D eigenvalue weighted by atomic mass is 9.76. The Morgan fingerprint density at radius 2 is 2.08 bits per heavy atom. The lowest BCUT2D eigenvalue weighted by Gasteiger charge is -2.32. The number of ether oxygens (including phenoxy) is 2. The topological polar surface area (TPSA) is 64.5 Å². The number of carbonyl (C=O) groups is 1. The van der Waals surface area contributed by atoms with Gasteiger partial charge in [-0.2, -0.15) is 4.98 Å². The third kappa shape index (κ3) is 3.35. The number of rotatable bonds is 5. The van der Waals surface area contributed by atoms with Crippen molar-refractivity contribution in [2.45, 2.75) is 43.9 Å². The number of anilines is 1. The van der Waals surface area contributed by atoms with Gasteiger partial charge in [-0.3, -0.25) is 9.69 Å². The number of aromatic nitrogens is 2. The van der Waals surface area contributed by atoms with Gasteiger partial charge in [-0.1, -0.05) is 19.6 Å². The number of hydrogen-bond donors (Lipinski definition) is 0. The highest BCUT2D eigenvalue weighted by atomic mass is 35.5. The standard InChI is InChI=1S/C16H24ClN3O3Si/c1-24(2,3)9-8-23-11-20-13-12(10-18-15(17)19-13)16(14(20)21)4-6-22-7-5-16/h10H,4-9,11H2,1-3H3. The molecule has 2 aliphatic rings. The number of halogens is 1. The average Bonchev–Trinajstić information content (AvgIpc) is 2.73. The molecule has 3 heterocycles. The van der Waals surface area contributed by atoms with Crippen molar-refractivity contribution >= 4 is 31.4 Å².